The van der Waals surface area contributed by atoms with Crippen molar-refractivity contribution in [2.45, 2.75) is 39.3 Å². The van der Waals surface area contributed by atoms with Crippen molar-refractivity contribution < 1.29 is 37.7 Å². The molecular weight excluding hydrogens is 361 g/mol. The first kappa shape index (κ1) is 20.6. The first-order valence-electron chi connectivity index (χ1n) is 8.49. The molecule has 1 heterocycles. The number of amides is 1. The second-order valence-electron chi connectivity index (χ2n) is 5.87. The number of hydrogen-bond donors (Lipinski definition) is 1. The van der Waals surface area contributed by atoms with Gasteiger partial charge in [0, 0.05) is 24.5 Å². The highest BCUT2D eigenvalue weighted by atomic mass is 19.1. The summed E-state index contributed by atoms with van der Waals surface area (Å²) in [7, 11) is 0. The van der Waals surface area contributed by atoms with E-state index in [-0.39, 0.29) is 32.2 Å². The van der Waals surface area contributed by atoms with Crippen LogP contribution in [0.4, 0.5) is 4.39 Å². The predicted molar refractivity (Wildman–Crippen MR) is 90.2 cm³/mol. The van der Waals surface area contributed by atoms with Gasteiger partial charge in [0.25, 0.3) is 0 Å². The van der Waals surface area contributed by atoms with E-state index in [2.05, 4.69) is 5.32 Å². The van der Waals surface area contributed by atoms with Crippen LogP contribution >= 0.6 is 0 Å². The average molecular weight is 383 g/mol. The third-order valence-electron chi connectivity index (χ3n) is 3.84. The minimum Gasteiger partial charge on any atom is -0.467 e. The highest BCUT2D eigenvalue weighted by Gasteiger charge is 2.51. The Bertz CT molecular complexity index is 717. The number of rotatable bonds is 7. The molecule has 0 radical (unpaired) electrons. The van der Waals surface area contributed by atoms with Crippen molar-refractivity contribution in [1.29, 1.82) is 0 Å². The van der Waals surface area contributed by atoms with Gasteiger partial charge in [-0.1, -0.05) is 0 Å². The van der Waals surface area contributed by atoms with E-state index in [1.807, 2.05) is 0 Å². The van der Waals surface area contributed by atoms with E-state index in [4.69, 9.17) is 18.9 Å². The lowest BCUT2D eigenvalue weighted by Crippen LogP contribution is -2.62. The first-order valence-corrected chi connectivity index (χ1v) is 8.49. The van der Waals surface area contributed by atoms with Crippen molar-refractivity contribution in [2.75, 3.05) is 20.0 Å². The molecule has 2 rings (SSSR count). The second-order valence-corrected chi connectivity index (χ2v) is 5.87. The summed E-state index contributed by atoms with van der Waals surface area (Å²) < 4.78 is 34.6. The molecule has 1 amide bonds. The molecule has 0 aliphatic carbocycles. The van der Waals surface area contributed by atoms with Gasteiger partial charge in [-0.05, 0) is 26.0 Å². The molecule has 0 spiro atoms. The monoisotopic (exact) mass is 383 g/mol. The van der Waals surface area contributed by atoms with Gasteiger partial charge in [-0.25, -0.2) is 14.0 Å². The minimum absolute atomic E-state index is 0.0226. The standard InChI is InChI=1S/C18H22FNO7/c1-4-25-16(22)18(20-11(3)21,17(23)26-5-2)8-12-6-14(19)7-13-9-24-10-27-15(12)13/h6-7H,4-5,8-10H2,1-3H3,(H,20,21). The molecule has 0 saturated carbocycles. The topological polar surface area (TPSA) is 100 Å². The number of hydrogen-bond acceptors (Lipinski definition) is 7. The van der Waals surface area contributed by atoms with Crippen LogP contribution in [0.1, 0.15) is 31.9 Å². The fraction of sp³-hybridized carbons (Fsp3) is 0.500. The lowest BCUT2D eigenvalue weighted by Gasteiger charge is -2.31. The maximum atomic E-state index is 14.1. The Labute approximate surface area is 155 Å². The minimum atomic E-state index is -2.17. The number of halogens is 1. The average Bonchev–Trinajstić information content (AvgIpc) is 2.60. The smallest absolute Gasteiger partial charge is 0.344 e. The molecule has 0 unspecified atom stereocenters. The third kappa shape index (κ3) is 4.54. The van der Waals surface area contributed by atoms with Crippen LogP contribution in [0.25, 0.3) is 0 Å². The van der Waals surface area contributed by atoms with E-state index in [9.17, 15) is 18.8 Å². The van der Waals surface area contributed by atoms with E-state index < -0.39 is 35.6 Å². The van der Waals surface area contributed by atoms with Crippen LogP contribution in [-0.2, 0) is 41.6 Å². The van der Waals surface area contributed by atoms with Gasteiger partial charge in [0.15, 0.2) is 6.79 Å². The molecule has 0 bridgehead atoms. The molecule has 148 valence electrons. The largest absolute Gasteiger partial charge is 0.467 e. The van der Waals surface area contributed by atoms with Crippen LogP contribution in [0.5, 0.6) is 5.75 Å². The zero-order valence-electron chi connectivity index (χ0n) is 15.4. The SMILES string of the molecule is CCOC(=O)C(Cc1cc(F)cc2c1OCOC2)(NC(C)=O)C(=O)OCC. The normalized spacial score (nSPS) is 13.2. The van der Waals surface area contributed by atoms with Crippen LogP contribution in [0.2, 0.25) is 0 Å². The van der Waals surface area contributed by atoms with Gasteiger partial charge in [-0.15, -0.1) is 0 Å². The second kappa shape index (κ2) is 8.81. The van der Waals surface area contributed by atoms with Crippen LogP contribution in [0.15, 0.2) is 12.1 Å². The van der Waals surface area contributed by atoms with Gasteiger partial charge in [-0.3, -0.25) is 4.79 Å². The summed E-state index contributed by atoms with van der Waals surface area (Å²) >= 11 is 0. The highest BCUT2D eigenvalue weighted by molar-refractivity contribution is 6.08. The summed E-state index contributed by atoms with van der Waals surface area (Å²) in [6, 6.07) is 2.38. The Morgan fingerprint density at radius 1 is 1.19 bits per heavy atom. The van der Waals surface area contributed by atoms with Crippen LogP contribution in [0.3, 0.4) is 0 Å². The molecule has 0 aromatic heterocycles. The van der Waals surface area contributed by atoms with Gasteiger partial charge < -0.3 is 24.3 Å². The number of carbonyl (C=O) groups excluding carboxylic acids is 3. The summed E-state index contributed by atoms with van der Waals surface area (Å²) in [6.07, 6.45) is -0.398. The van der Waals surface area contributed by atoms with Gasteiger partial charge in [0.2, 0.25) is 11.4 Å². The molecular formula is C18H22FNO7. The quantitative estimate of drug-likeness (QED) is 0.558. The van der Waals surface area contributed by atoms with Crippen molar-refractivity contribution in [1.82, 2.24) is 5.32 Å². The van der Waals surface area contributed by atoms with E-state index in [0.29, 0.717) is 11.3 Å². The Morgan fingerprint density at radius 3 is 2.37 bits per heavy atom. The number of esters is 2. The molecule has 1 aromatic carbocycles. The van der Waals surface area contributed by atoms with E-state index >= 15 is 0 Å². The molecule has 1 aromatic rings. The summed E-state index contributed by atoms with van der Waals surface area (Å²) in [5.74, 6) is -2.94. The molecule has 1 aliphatic heterocycles. The predicted octanol–water partition coefficient (Wildman–Crippen LogP) is 1.24. The van der Waals surface area contributed by atoms with Crippen molar-refractivity contribution >= 4 is 17.8 Å². The van der Waals surface area contributed by atoms with Crippen LogP contribution in [-0.4, -0.2) is 43.4 Å². The summed E-state index contributed by atoms with van der Waals surface area (Å²) in [6.45, 7) is 4.29. The molecule has 8 nitrogen and oxygen atoms in total. The van der Waals surface area contributed by atoms with Crippen LogP contribution in [0, 0.1) is 5.82 Å². The summed E-state index contributed by atoms with van der Waals surface area (Å²) in [5, 5.41) is 2.34. The first-order chi connectivity index (χ1) is 12.8. The number of benzene rings is 1. The molecule has 0 saturated heterocycles. The van der Waals surface area contributed by atoms with Crippen molar-refractivity contribution in [3.63, 3.8) is 0 Å². The number of carbonyl (C=O) groups is 3. The van der Waals surface area contributed by atoms with E-state index in [0.717, 1.165) is 13.0 Å². The Balaban J connectivity index is 2.56. The maximum absolute atomic E-state index is 14.1. The van der Waals surface area contributed by atoms with Gasteiger partial charge in [0.1, 0.15) is 11.6 Å². The Hall–Kier alpha value is -2.68. The van der Waals surface area contributed by atoms with E-state index in [1.165, 1.54) is 6.07 Å². The van der Waals surface area contributed by atoms with Crippen molar-refractivity contribution in [3.05, 3.63) is 29.1 Å². The Kier molecular flexibility index (Phi) is 6.73. The molecule has 1 N–H and O–H groups in total. The Morgan fingerprint density at radius 2 is 1.81 bits per heavy atom. The number of ether oxygens (including phenoxy) is 4. The highest BCUT2D eigenvalue weighted by Crippen LogP contribution is 2.32. The number of nitrogens with one attached hydrogen (secondary N) is 1. The molecule has 0 fully saturated rings. The fourth-order valence-electron chi connectivity index (χ4n) is 2.86. The fourth-order valence-corrected chi connectivity index (χ4v) is 2.86. The van der Waals surface area contributed by atoms with E-state index in [1.54, 1.807) is 13.8 Å². The van der Waals surface area contributed by atoms with Gasteiger partial charge in [0.05, 0.1) is 19.8 Å². The summed E-state index contributed by atoms with van der Waals surface area (Å²) in [5.41, 5.74) is -1.52. The molecule has 27 heavy (non-hydrogen) atoms. The van der Waals surface area contributed by atoms with Gasteiger partial charge >= 0.3 is 11.9 Å². The van der Waals surface area contributed by atoms with Gasteiger partial charge in [-0.2, -0.15) is 0 Å². The zero-order valence-corrected chi connectivity index (χ0v) is 15.4. The molecule has 1 aliphatic rings. The third-order valence-corrected chi connectivity index (χ3v) is 3.84. The molecule has 9 heteroatoms. The lowest BCUT2D eigenvalue weighted by molar-refractivity contribution is -0.168. The molecule has 0 atom stereocenters. The lowest BCUT2D eigenvalue weighted by atomic mass is 9.88. The van der Waals surface area contributed by atoms with Crippen molar-refractivity contribution in [3.8, 4) is 5.75 Å². The van der Waals surface area contributed by atoms with Crippen molar-refractivity contribution in [2.24, 2.45) is 0 Å². The maximum Gasteiger partial charge on any atom is 0.344 e. The summed E-state index contributed by atoms with van der Waals surface area (Å²) in [4.78, 5) is 37.1. The van der Waals surface area contributed by atoms with Crippen LogP contribution < -0.4 is 10.1 Å². The number of fused-ring (bicyclic) bond motifs is 1. The zero-order chi connectivity index (χ0) is 20.0.